The van der Waals surface area contributed by atoms with Gasteiger partial charge in [-0.2, -0.15) is 0 Å². The molecule has 1 aromatic rings. The van der Waals surface area contributed by atoms with Crippen LogP contribution in [0.15, 0.2) is 23.2 Å². The topological polar surface area (TPSA) is 12.4 Å². The quantitative estimate of drug-likeness (QED) is 0.609. The van der Waals surface area contributed by atoms with Gasteiger partial charge in [-0.3, -0.25) is 4.99 Å². The number of hydrogen-bond acceptors (Lipinski definition) is 1. The minimum Gasteiger partial charge on any atom is -0.264 e. The molecule has 0 saturated carbocycles. The van der Waals surface area contributed by atoms with Crippen LogP contribution >= 0.6 is 0 Å². The molecule has 0 bridgehead atoms. The van der Waals surface area contributed by atoms with E-state index in [1.54, 1.807) is 0 Å². The minimum absolute atomic E-state index is 0.109. The highest BCUT2D eigenvalue weighted by molar-refractivity contribution is 5.61. The van der Waals surface area contributed by atoms with E-state index in [9.17, 15) is 0 Å². The molecule has 0 aliphatic carbocycles. The molecule has 0 saturated heterocycles. The zero-order valence-corrected chi connectivity index (χ0v) is 11.4. The first kappa shape index (κ1) is 13.0. The van der Waals surface area contributed by atoms with Crippen molar-refractivity contribution in [1.29, 1.82) is 0 Å². The Bertz CT molecular complexity index is 357. The van der Waals surface area contributed by atoms with Gasteiger partial charge in [0.2, 0.25) is 0 Å². The van der Waals surface area contributed by atoms with Crippen LogP contribution in [0.2, 0.25) is 0 Å². The maximum absolute atomic E-state index is 4.25. The van der Waals surface area contributed by atoms with E-state index in [2.05, 4.69) is 71.5 Å². The fourth-order valence-corrected chi connectivity index (χ4v) is 1.92. The normalized spacial score (nSPS) is 12.6. The zero-order chi connectivity index (χ0) is 12.6. The molecular formula is C15H23N. The van der Waals surface area contributed by atoms with Crippen LogP contribution < -0.4 is 0 Å². The van der Waals surface area contributed by atoms with Crippen LogP contribution in [0, 0.1) is 0 Å². The van der Waals surface area contributed by atoms with Crippen molar-refractivity contribution in [2.75, 3.05) is 0 Å². The third kappa shape index (κ3) is 2.52. The molecule has 1 rings (SSSR count). The number of rotatable bonds is 1. The molecule has 0 fully saturated rings. The predicted molar refractivity (Wildman–Crippen MR) is 73.1 cm³/mol. The Labute approximate surface area is 99.6 Å². The smallest absolute Gasteiger partial charge is 0.0696 e. The lowest BCUT2D eigenvalue weighted by molar-refractivity contribution is 0.571. The molecule has 0 heterocycles. The van der Waals surface area contributed by atoms with Crippen LogP contribution in [-0.4, -0.2) is 6.72 Å². The van der Waals surface area contributed by atoms with Crippen LogP contribution in [0.5, 0.6) is 0 Å². The molecule has 0 radical (unpaired) electrons. The Morgan fingerprint density at radius 3 is 1.50 bits per heavy atom. The lowest BCUT2D eigenvalue weighted by atomic mass is 9.79. The zero-order valence-electron chi connectivity index (χ0n) is 11.4. The molecule has 0 aliphatic heterocycles. The van der Waals surface area contributed by atoms with Gasteiger partial charge in [-0.25, -0.2) is 0 Å². The van der Waals surface area contributed by atoms with Gasteiger partial charge in [0.1, 0.15) is 0 Å². The molecular weight excluding hydrogens is 194 g/mol. The van der Waals surface area contributed by atoms with Gasteiger partial charge >= 0.3 is 0 Å². The van der Waals surface area contributed by atoms with Crippen LogP contribution in [0.4, 0.5) is 5.69 Å². The summed E-state index contributed by atoms with van der Waals surface area (Å²) in [6.45, 7) is 17.0. The summed E-state index contributed by atoms with van der Waals surface area (Å²) >= 11 is 0. The summed E-state index contributed by atoms with van der Waals surface area (Å²) in [4.78, 5) is 4.25. The monoisotopic (exact) mass is 217 g/mol. The molecule has 1 heteroatoms. The summed E-state index contributed by atoms with van der Waals surface area (Å²) < 4.78 is 0. The molecule has 0 aliphatic rings. The van der Waals surface area contributed by atoms with Crippen molar-refractivity contribution in [2.45, 2.75) is 52.4 Å². The fraction of sp³-hybridized carbons (Fsp3) is 0.533. The van der Waals surface area contributed by atoms with Crippen LogP contribution in [0.25, 0.3) is 0 Å². The summed E-state index contributed by atoms with van der Waals surface area (Å²) in [5.74, 6) is 0. The summed E-state index contributed by atoms with van der Waals surface area (Å²) in [6.07, 6.45) is 0. The highest BCUT2D eigenvalue weighted by Gasteiger charge is 2.24. The van der Waals surface area contributed by atoms with E-state index in [0.717, 1.165) is 5.69 Å². The van der Waals surface area contributed by atoms with E-state index in [-0.39, 0.29) is 10.8 Å². The third-order valence-corrected chi connectivity index (χ3v) is 2.81. The predicted octanol–water partition coefficient (Wildman–Crippen LogP) is 4.61. The Hall–Kier alpha value is -1.11. The fourth-order valence-electron chi connectivity index (χ4n) is 1.92. The number of para-hydroxylation sites is 1. The van der Waals surface area contributed by atoms with Gasteiger partial charge in [0, 0.05) is 0 Å². The van der Waals surface area contributed by atoms with E-state index >= 15 is 0 Å². The van der Waals surface area contributed by atoms with Gasteiger partial charge in [0.15, 0.2) is 0 Å². The van der Waals surface area contributed by atoms with Crippen molar-refractivity contribution in [1.82, 2.24) is 0 Å². The molecule has 0 spiro atoms. The Balaban J connectivity index is 3.51. The SMILES string of the molecule is C=Nc1c(C(C)(C)C)cccc1C(C)(C)C. The molecule has 0 N–H and O–H groups in total. The second-order valence-electron chi connectivity index (χ2n) is 6.36. The van der Waals surface area contributed by atoms with Crippen molar-refractivity contribution in [2.24, 2.45) is 4.99 Å². The van der Waals surface area contributed by atoms with Crippen molar-refractivity contribution >= 4 is 12.4 Å². The van der Waals surface area contributed by atoms with E-state index < -0.39 is 0 Å². The van der Waals surface area contributed by atoms with Gasteiger partial charge in [0.05, 0.1) is 5.69 Å². The summed E-state index contributed by atoms with van der Waals surface area (Å²) in [5.41, 5.74) is 3.82. The largest absolute Gasteiger partial charge is 0.264 e. The van der Waals surface area contributed by atoms with Gasteiger partial charge in [0.25, 0.3) is 0 Å². The lowest BCUT2D eigenvalue weighted by Gasteiger charge is -2.27. The van der Waals surface area contributed by atoms with E-state index in [1.165, 1.54) is 11.1 Å². The molecule has 0 aromatic heterocycles. The first-order valence-electron chi connectivity index (χ1n) is 5.78. The van der Waals surface area contributed by atoms with E-state index in [1.807, 2.05) is 0 Å². The Kier molecular flexibility index (Phi) is 3.27. The molecule has 88 valence electrons. The Morgan fingerprint density at radius 2 is 1.25 bits per heavy atom. The first-order valence-corrected chi connectivity index (χ1v) is 5.78. The maximum atomic E-state index is 4.25. The van der Waals surface area contributed by atoms with Crippen molar-refractivity contribution in [3.63, 3.8) is 0 Å². The maximum Gasteiger partial charge on any atom is 0.0696 e. The van der Waals surface area contributed by atoms with E-state index in [4.69, 9.17) is 0 Å². The molecule has 0 amide bonds. The number of aliphatic imine (C=N–C) groups is 1. The highest BCUT2D eigenvalue weighted by atomic mass is 14.7. The number of hydrogen-bond donors (Lipinski definition) is 0. The lowest BCUT2D eigenvalue weighted by Crippen LogP contribution is -2.16. The average Bonchev–Trinajstić information content (AvgIpc) is 2.13. The second kappa shape index (κ2) is 4.04. The summed E-state index contributed by atoms with van der Waals surface area (Å²) in [7, 11) is 0. The second-order valence-corrected chi connectivity index (χ2v) is 6.36. The summed E-state index contributed by atoms with van der Waals surface area (Å²) in [6, 6.07) is 6.42. The molecule has 1 aromatic carbocycles. The van der Waals surface area contributed by atoms with Gasteiger partial charge in [-0.1, -0.05) is 59.7 Å². The van der Waals surface area contributed by atoms with Crippen molar-refractivity contribution < 1.29 is 0 Å². The van der Waals surface area contributed by atoms with E-state index in [0.29, 0.717) is 0 Å². The Morgan fingerprint density at radius 1 is 0.875 bits per heavy atom. The van der Waals surface area contributed by atoms with Crippen molar-refractivity contribution in [3.8, 4) is 0 Å². The highest BCUT2D eigenvalue weighted by Crippen LogP contribution is 2.39. The summed E-state index contributed by atoms with van der Waals surface area (Å²) in [5, 5.41) is 0. The molecule has 0 unspecified atom stereocenters. The van der Waals surface area contributed by atoms with Crippen LogP contribution in [0.3, 0.4) is 0 Å². The standard InChI is InChI=1S/C15H23N/c1-14(2,3)11-9-8-10-12(13(11)16-7)15(4,5)6/h8-10H,7H2,1-6H3. The first-order chi connectivity index (χ1) is 7.18. The molecule has 1 nitrogen and oxygen atoms in total. The van der Waals surface area contributed by atoms with Gasteiger partial charge in [-0.05, 0) is 28.7 Å². The number of nitrogens with zero attached hydrogens (tertiary/aromatic N) is 1. The minimum atomic E-state index is 0.109. The molecule has 16 heavy (non-hydrogen) atoms. The van der Waals surface area contributed by atoms with Gasteiger partial charge < -0.3 is 0 Å². The van der Waals surface area contributed by atoms with Gasteiger partial charge in [-0.15, -0.1) is 0 Å². The van der Waals surface area contributed by atoms with Crippen LogP contribution in [-0.2, 0) is 10.8 Å². The molecule has 0 atom stereocenters. The third-order valence-electron chi connectivity index (χ3n) is 2.81. The number of benzene rings is 1. The average molecular weight is 217 g/mol. The van der Waals surface area contributed by atoms with Crippen LogP contribution in [0.1, 0.15) is 52.7 Å². The van der Waals surface area contributed by atoms with Crippen molar-refractivity contribution in [3.05, 3.63) is 29.3 Å².